The lowest BCUT2D eigenvalue weighted by Gasteiger charge is -2.26. The summed E-state index contributed by atoms with van der Waals surface area (Å²) in [6.45, 7) is 3.81. The van der Waals surface area contributed by atoms with Crippen molar-refractivity contribution in [3.63, 3.8) is 0 Å². The molecular formula is C27H22O9. The van der Waals surface area contributed by atoms with Crippen LogP contribution in [0.1, 0.15) is 37.3 Å². The Morgan fingerprint density at radius 1 is 0.917 bits per heavy atom. The number of benzene rings is 3. The molecular weight excluding hydrogens is 468 g/mol. The molecule has 3 aromatic carbocycles. The summed E-state index contributed by atoms with van der Waals surface area (Å²) in [6, 6.07) is 11.9. The van der Waals surface area contributed by atoms with Crippen LogP contribution in [-0.2, 0) is 4.79 Å². The van der Waals surface area contributed by atoms with Gasteiger partial charge in [-0.15, -0.1) is 0 Å². The van der Waals surface area contributed by atoms with Crippen LogP contribution in [0.3, 0.4) is 0 Å². The first-order valence-electron chi connectivity index (χ1n) is 11.2. The van der Waals surface area contributed by atoms with Gasteiger partial charge in [0.15, 0.2) is 17.3 Å². The lowest BCUT2D eigenvalue weighted by Crippen LogP contribution is -2.22. The fourth-order valence-electron chi connectivity index (χ4n) is 4.38. The molecule has 0 fully saturated rings. The molecule has 1 atom stereocenters. The number of ether oxygens (including phenoxy) is 2. The zero-order valence-electron chi connectivity index (χ0n) is 19.3. The molecule has 5 rings (SSSR count). The molecule has 4 N–H and O–H groups in total. The van der Waals surface area contributed by atoms with E-state index in [9.17, 15) is 30.0 Å². The minimum absolute atomic E-state index is 0.0205. The van der Waals surface area contributed by atoms with Crippen LogP contribution < -0.4 is 14.9 Å². The van der Waals surface area contributed by atoms with E-state index in [1.54, 1.807) is 24.3 Å². The second-order valence-electron chi connectivity index (χ2n) is 8.79. The van der Waals surface area contributed by atoms with Crippen LogP contribution in [0.15, 0.2) is 57.7 Å². The van der Waals surface area contributed by atoms with Crippen LogP contribution in [0.5, 0.6) is 34.5 Å². The number of phenols is 3. The number of phenolic OH excluding ortho intramolecular Hbond substituents is 3. The minimum atomic E-state index is -0.907. The van der Waals surface area contributed by atoms with Gasteiger partial charge in [-0.3, -0.25) is 9.59 Å². The number of carbonyl (C=O) groups excluding carboxylic acids is 1. The van der Waals surface area contributed by atoms with E-state index in [0.29, 0.717) is 11.3 Å². The first-order chi connectivity index (χ1) is 17.1. The zero-order chi connectivity index (χ0) is 25.7. The third-order valence-electron chi connectivity index (χ3n) is 5.96. The van der Waals surface area contributed by atoms with E-state index in [1.165, 1.54) is 12.1 Å². The summed E-state index contributed by atoms with van der Waals surface area (Å²) in [5.41, 5.74) is 0.195. The first-order valence-corrected chi connectivity index (χ1v) is 11.2. The molecule has 9 heteroatoms. The van der Waals surface area contributed by atoms with E-state index >= 15 is 0 Å². The zero-order valence-corrected chi connectivity index (χ0v) is 19.3. The second kappa shape index (κ2) is 8.53. The lowest BCUT2D eigenvalue weighted by molar-refractivity contribution is -0.135. The fraction of sp³-hybridized carbons (Fsp3) is 0.185. The molecule has 0 radical (unpaired) electrons. The van der Waals surface area contributed by atoms with Gasteiger partial charge in [0.2, 0.25) is 11.2 Å². The average Bonchev–Trinajstić information content (AvgIpc) is 2.82. The molecule has 0 saturated carbocycles. The molecule has 36 heavy (non-hydrogen) atoms. The van der Waals surface area contributed by atoms with Gasteiger partial charge in [0.25, 0.3) is 0 Å². The highest BCUT2D eigenvalue weighted by Gasteiger charge is 2.34. The standard InChI is InChI=1S/C27H22O9/c1-12(2)34-15-6-3-13(4-7-15)16-10-21(31)35-20-11-19(30)23-24(32)25(33)26(36-27(23)22(16)20)14-5-8-17(28)18(29)9-14/h3-9,11-12,16,28-30,33H,10H2,1-2H3/t16-/m1/s1. The van der Waals surface area contributed by atoms with Gasteiger partial charge in [0.1, 0.15) is 28.2 Å². The van der Waals surface area contributed by atoms with E-state index in [0.717, 1.165) is 17.7 Å². The predicted molar refractivity (Wildman–Crippen MR) is 129 cm³/mol. The summed E-state index contributed by atoms with van der Waals surface area (Å²) < 4.78 is 17.1. The van der Waals surface area contributed by atoms with Crippen molar-refractivity contribution in [3.05, 3.63) is 69.9 Å². The highest BCUT2D eigenvalue weighted by molar-refractivity contribution is 5.94. The topological polar surface area (TPSA) is 147 Å². The predicted octanol–water partition coefficient (Wildman–Crippen LogP) is 4.51. The molecule has 0 aliphatic carbocycles. The number of hydrogen-bond acceptors (Lipinski definition) is 9. The molecule has 0 bridgehead atoms. The smallest absolute Gasteiger partial charge is 0.312 e. The van der Waals surface area contributed by atoms with Crippen LogP contribution in [-0.4, -0.2) is 32.5 Å². The Labute approximate surface area is 204 Å². The highest BCUT2D eigenvalue weighted by atomic mass is 16.5. The lowest BCUT2D eigenvalue weighted by atomic mass is 9.85. The monoisotopic (exact) mass is 490 g/mol. The quantitative estimate of drug-likeness (QED) is 0.184. The summed E-state index contributed by atoms with van der Waals surface area (Å²) in [5, 5.41) is 40.5. The Hall–Kier alpha value is -4.66. The van der Waals surface area contributed by atoms with Gasteiger partial charge in [0.05, 0.1) is 12.5 Å². The molecule has 0 saturated heterocycles. The molecule has 9 nitrogen and oxygen atoms in total. The normalized spacial score (nSPS) is 15.1. The van der Waals surface area contributed by atoms with Crippen molar-refractivity contribution < 1.29 is 39.1 Å². The number of aromatic hydroxyl groups is 4. The number of esters is 1. The molecule has 1 aromatic heterocycles. The molecule has 0 spiro atoms. The summed E-state index contributed by atoms with van der Waals surface area (Å²) in [6.07, 6.45) is -0.0789. The van der Waals surface area contributed by atoms with E-state index < -0.39 is 40.3 Å². The fourth-order valence-corrected chi connectivity index (χ4v) is 4.38. The van der Waals surface area contributed by atoms with E-state index in [2.05, 4.69) is 0 Å². The van der Waals surface area contributed by atoms with Gasteiger partial charge in [-0.05, 0) is 49.7 Å². The molecule has 2 heterocycles. The third kappa shape index (κ3) is 3.84. The minimum Gasteiger partial charge on any atom is -0.507 e. The van der Waals surface area contributed by atoms with E-state index in [-0.39, 0.29) is 40.6 Å². The van der Waals surface area contributed by atoms with Crippen LogP contribution in [0.4, 0.5) is 0 Å². The number of hydrogen-bond donors (Lipinski definition) is 4. The molecule has 1 aliphatic rings. The molecule has 0 amide bonds. The van der Waals surface area contributed by atoms with Crippen LogP contribution in [0.2, 0.25) is 0 Å². The number of rotatable bonds is 4. The summed E-state index contributed by atoms with van der Waals surface area (Å²) >= 11 is 0. The van der Waals surface area contributed by atoms with Gasteiger partial charge in [-0.25, -0.2) is 0 Å². The van der Waals surface area contributed by atoms with Gasteiger partial charge >= 0.3 is 5.97 Å². The third-order valence-corrected chi connectivity index (χ3v) is 5.96. The molecule has 4 aromatic rings. The van der Waals surface area contributed by atoms with Crippen molar-refractivity contribution in [1.82, 2.24) is 0 Å². The van der Waals surface area contributed by atoms with Crippen molar-refractivity contribution >= 4 is 16.9 Å². The van der Waals surface area contributed by atoms with Crippen molar-refractivity contribution in [1.29, 1.82) is 0 Å². The van der Waals surface area contributed by atoms with Gasteiger partial charge in [-0.2, -0.15) is 0 Å². The average molecular weight is 490 g/mol. The molecule has 1 aliphatic heterocycles. The van der Waals surface area contributed by atoms with Crippen molar-refractivity contribution in [2.24, 2.45) is 0 Å². The Bertz CT molecular complexity index is 1570. The van der Waals surface area contributed by atoms with Crippen LogP contribution in [0, 0.1) is 0 Å². The highest BCUT2D eigenvalue weighted by Crippen LogP contribution is 2.47. The Morgan fingerprint density at radius 2 is 1.64 bits per heavy atom. The maximum atomic E-state index is 13.1. The van der Waals surface area contributed by atoms with Crippen molar-refractivity contribution in [3.8, 4) is 45.8 Å². The summed E-state index contributed by atoms with van der Waals surface area (Å²) in [5.74, 6) is -2.93. The summed E-state index contributed by atoms with van der Waals surface area (Å²) in [7, 11) is 0. The van der Waals surface area contributed by atoms with E-state index in [4.69, 9.17) is 13.9 Å². The Balaban J connectivity index is 1.76. The molecule has 0 unspecified atom stereocenters. The Morgan fingerprint density at radius 3 is 2.31 bits per heavy atom. The largest absolute Gasteiger partial charge is 0.507 e. The van der Waals surface area contributed by atoms with E-state index in [1.807, 2.05) is 13.8 Å². The van der Waals surface area contributed by atoms with Gasteiger partial charge in [-0.1, -0.05) is 12.1 Å². The second-order valence-corrected chi connectivity index (χ2v) is 8.79. The Kier molecular flexibility index (Phi) is 5.47. The summed E-state index contributed by atoms with van der Waals surface area (Å²) in [4.78, 5) is 25.6. The maximum Gasteiger partial charge on any atom is 0.312 e. The first kappa shape index (κ1) is 23.1. The number of carbonyl (C=O) groups is 1. The van der Waals surface area contributed by atoms with Crippen molar-refractivity contribution in [2.75, 3.05) is 0 Å². The maximum absolute atomic E-state index is 13.1. The molecule has 184 valence electrons. The van der Waals surface area contributed by atoms with Crippen LogP contribution >= 0.6 is 0 Å². The SMILES string of the molecule is CC(C)Oc1ccc([C@H]2CC(=O)Oc3cc(O)c4c(=O)c(O)c(-c5ccc(O)c(O)c5)oc4c32)cc1. The van der Waals surface area contributed by atoms with Gasteiger partial charge in [0, 0.05) is 23.1 Å². The van der Waals surface area contributed by atoms with Crippen LogP contribution in [0.25, 0.3) is 22.3 Å². The number of fused-ring (bicyclic) bond motifs is 3. The van der Waals surface area contributed by atoms with Crippen molar-refractivity contribution in [2.45, 2.75) is 32.3 Å². The van der Waals surface area contributed by atoms with Gasteiger partial charge < -0.3 is 34.3 Å².